The Hall–Kier alpha value is -2.45. The molecule has 2 aromatic carbocycles. The van der Waals surface area contributed by atoms with Crippen molar-refractivity contribution < 1.29 is 14.3 Å². The van der Waals surface area contributed by atoms with E-state index >= 15 is 0 Å². The van der Waals surface area contributed by atoms with Crippen LogP contribution >= 0.6 is 28.1 Å². The molecule has 2 rings (SSSR count). The van der Waals surface area contributed by atoms with Gasteiger partial charge in [0.25, 0.3) is 11.8 Å². The zero-order valence-electron chi connectivity index (χ0n) is 17.8. The number of nitrogens with one attached hydrogen (secondary N) is 3. The van der Waals surface area contributed by atoms with Gasteiger partial charge in [-0.25, -0.2) is 0 Å². The van der Waals surface area contributed by atoms with Gasteiger partial charge in [-0.1, -0.05) is 54.6 Å². The predicted octanol–water partition coefficient (Wildman–Crippen LogP) is 5.06. The predicted molar refractivity (Wildman–Crippen MR) is 130 cm³/mol. The van der Waals surface area contributed by atoms with Crippen LogP contribution in [0.25, 0.3) is 0 Å². The molecule has 0 heterocycles. The van der Waals surface area contributed by atoms with E-state index in [0.29, 0.717) is 17.7 Å². The minimum absolute atomic E-state index is 0.00284. The SMILES string of the molecule is CCCCCCCOc1ccc(C(=O)NC(=S)NNC(=O)c2ccc(C)c(Br)c2)cc1. The van der Waals surface area contributed by atoms with E-state index in [4.69, 9.17) is 17.0 Å². The summed E-state index contributed by atoms with van der Waals surface area (Å²) in [6.45, 7) is 4.79. The van der Waals surface area contributed by atoms with Crippen molar-refractivity contribution >= 4 is 45.1 Å². The highest BCUT2D eigenvalue weighted by atomic mass is 79.9. The van der Waals surface area contributed by atoms with Gasteiger partial charge in [-0.2, -0.15) is 0 Å². The molecule has 0 spiro atoms. The van der Waals surface area contributed by atoms with E-state index in [-0.39, 0.29) is 16.9 Å². The van der Waals surface area contributed by atoms with Crippen molar-refractivity contribution in [1.82, 2.24) is 16.2 Å². The van der Waals surface area contributed by atoms with Crippen LogP contribution in [0.4, 0.5) is 0 Å². The number of benzene rings is 2. The first-order valence-electron chi connectivity index (χ1n) is 10.3. The quantitative estimate of drug-likeness (QED) is 0.252. The van der Waals surface area contributed by atoms with E-state index in [0.717, 1.165) is 28.6 Å². The number of ether oxygens (including phenoxy) is 1. The van der Waals surface area contributed by atoms with Gasteiger partial charge in [-0.05, 0) is 67.5 Å². The first-order chi connectivity index (χ1) is 14.9. The van der Waals surface area contributed by atoms with Crippen LogP contribution < -0.4 is 20.9 Å². The third-order valence-corrected chi connectivity index (χ3v) is 5.64. The molecule has 3 N–H and O–H groups in total. The molecular weight excluding hydrogens is 478 g/mol. The lowest BCUT2D eigenvalue weighted by molar-refractivity contribution is 0.0934. The van der Waals surface area contributed by atoms with Gasteiger partial charge in [-0.3, -0.25) is 25.8 Å². The number of thiocarbonyl (C=S) groups is 1. The summed E-state index contributed by atoms with van der Waals surface area (Å²) in [5, 5.41) is 2.53. The second-order valence-electron chi connectivity index (χ2n) is 7.11. The lowest BCUT2D eigenvalue weighted by atomic mass is 10.1. The van der Waals surface area contributed by atoms with Crippen LogP contribution in [0.3, 0.4) is 0 Å². The number of carbonyl (C=O) groups is 2. The van der Waals surface area contributed by atoms with Crippen LogP contribution in [0.1, 0.15) is 65.3 Å². The van der Waals surface area contributed by atoms with Crippen molar-refractivity contribution in [3.63, 3.8) is 0 Å². The first-order valence-corrected chi connectivity index (χ1v) is 11.5. The van der Waals surface area contributed by atoms with Crippen molar-refractivity contribution in [2.75, 3.05) is 6.61 Å². The Bertz CT molecular complexity index is 903. The lowest BCUT2D eigenvalue weighted by Gasteiger charge is -2.12. The number of rotatable bonds is 9. The summed E-state index contributed by atoms with van der Waals surface area (Å²) in [4.78, 5) is 24.5. The van der Waals surface area contributed by atoms with Gasteiger partial charge in [0, 0.05) is 15.6 Å². The summed E-state index contributed by atoms with van der Waals surface area (Å²) in [7, 11) is 0. The standard InChI is InChI=1S/C23H28BrN3O3S/c1-3-4-5-6-7-14-30-19-12-10-17(11-13-19)21(28)25-23(31)27-26-22(29)18-9-8-16(2)20(24)15-18/h8-13,15H,3-7,14H2,1-2H3,(H,26,29)(H2,25,27,28,31). The Morgan fingerprint density at radius 1 is 0.935 bits per heavy atom. The molecule has 2 amide bonds. The molecule has 166 valence electrons. The molecule has 0 fully saturated rings. The maximum Gasteiger partial charge on any atom is 0.269 e. The number of carbonyl (C=O) groups excluding carboxylic acids is 2. The van der Waals surface area contributed by atoms with Crippen LogP contribution in [0.5, 0.6) is 5.75 Å². The molecule has 8 heteroatoms. The maximum absolute atomic E-state index is 12.3. The molecule has 0 atom stereocenters. The highest BCUT2D eigenvalue weighted by Crippen LogP contribution is 2.17. The number of amides is 2. The molecule has 0 aliphatic heterocycles. The first kappa shape index (κ1) is 24.8. The van der Waals surface area contributed by atoms with E-state index in [2.05, 4.69) is 39.0 Å². The Balaban J connectivity index is 1.74. The summed E-state index contributed by atoms with van der Waals surface area (Å²) < 4.78 is 6.54. The molecule has 31 heavy (non-hydrogen) atoms. The average molecular weight is 506 g/mol. The Kier molecular flexibility index (Phi) is 10.5. The minimum atomic E-state index is -0.379. The van der Waals surface area contributed by atoms with E-state index in [1.54, 1.807) is 36.4 Å². The number of hydrogen-bond acceptors (Lipinski definition) is 4. The van der Waals surface area contributed by atoms with Crippen molar-refractivity contribution in [3.05, 3.63) is 63.6 Å². The van der Waals surface area contributed by atoms with Gasteiger partial charge in [-0.15, -0.1) is 0 Å². The Morgan fingerprint density at radius 3 is 2.29 bits per heavy atom. The lowest BCUT2D eigenvalue weighted by Crippen LogP contribution is -2.48. The zero-order valence-corrected chi connectivity index (χ0v) is 20.2. The van der Waals surface area contributed by atoms with Crippen molar-refractivity contribution in [3.8, 4) is 5.75 Å². The summed E-state index contributed by atoms with van der Waals surface area (Å²) in [5.74, 6) is -0.0197. The molecule has 0 aromatic heterocycles. The molecule has 0 saturated heterocycles. The fourth-order valence-electron chi connectivity index (χ4n) is 2.72. The number of hydrogen-bond donors (Lipinski definition) is 3. The van der Waals surface area contributed by atoms with Crippen LogP contribution in [-0.4, -0.2) is 23.5 Å². The third-order valence-electron chi connectivity index (χ3n) is 4.58. The maximum atomic E-state index is 12.3. The van der Waals surface area contributed by atoms with Crippen molar-refractivity contribution in [2.24, 2.45) is 0 Å². The van der Waals surface area contributed by atoms with Gasteiger partial charge in [0.1, 0.15) is 5.75 Å². The summed E-state index contributed by atoms with van der Waals surface area (Å²) in [6, 6.07) is 12.1. The van der Waals surface area contributed by atoms with Gasteiger partial charge in [0.15, 0.2) is 5.11 Å². The molecule has 0 aliphatic rings. The van der Waals surface area contributed by atoms with Gasteiger partial charge < -0.3 is 4.74 Å². The highest BCUT2D eigenvalue weighted by Gasteiger charge is 2.10. The van der Waals surface area contributed by atoms with E-state index in [1.807, 2.05) is 13.0 Å². The van der Waals surface area contributed by atoms with Gasteiger partial charge in [0.05, 0.1) is 6.61 Å². The second-order valence-corrected chi connectivity index (χ2v) is 8.38. The fraction of sp³-hybridized carbons (Fsp3) is 0.348. The zero-order chi connectivity index (χ0) is 22.6. The van der Waals surface area contributed by atoms with Crippen molar-refractivity contribution in [2.45, 2.75) is 46.0 Å². The normalized spacial score (nSPS) is 10.3. The number of halogens is 1. The molecule has 0 aliphatic carbocycles. The van der Waals surface area contributed by atoms with Gasteiger partial charge in [0.2, 0.25) is 0 Å². The van der Waals surface area contributed by atoms with Crippen LogP contribution in [0.15, 0.2) is 46.9 Å². The summed E-state index contributed by atoms with van der Waals surface area (Å²) >= 11 is 8.47. The van der Waals surface area contributed by atoms with Crippen molar-refractivity contribution in [1.29, 1.82) is 0 Å². The van der Waals surface area contributed by atoms with E-state index in [1.165, 1.54) is 19.3 Å². The molecule has 2 aromatic rings. The molecule has 0 unspecified atom stereocenters. The average Bonchev–Trinajstić information content (AvgIpc) is 2.76. The summed E-state index contributed by atoms with van der Waals surface area (Å²) in [6.07, 6.45) is 5.90. The topological polar surface area (TPSA) is 79.5 Å². The van der Waals surface area contributed by atoms with E-state index in [9.17, 15) is 9.59 Å². The van der Waals surface area contributed by atoms with Crippen LogP contribution in [-0.2, 0) is 0 Å². The fourth-order valence-corrected chi connectivity index (χ4v) is 3.25. The molecule has 6 nitrogen and oxygen atoms in total. The molecule has 0 saturated carbocycles. The second kappa shape index (κ2) is 13.1. The Morgan fingerprint density at radius 2 is 1.61 bits per heavy atom. The number of unbranched alkanes of at least 4 members (excludes halogenated alkanes) is 4. The molecular formula is C23H28BrN3O3S. The third kappa shape index (κ3) is 8.67. The monoisotopic (exact) mass is 505 g/mol. The number of hydrazine groups is 1. The minimum Gasteiger partial charge on any atom is -0.494 e. The molecule has 0 radical (unpaired) electrons. The largest absolute Gasteiger partial charge is 0.494 e. The van der Waals surface area contributed by atoms with E-state index < -0.39 is 0 Å². The highest BCUT2D eigenvalue weighted by molar-refractivity contribution is 9.10. The summed E-state index contributed by atoms with van der Waals surface area (Å²) in [5.41, 5.74) is 6.92. The number of aryl methyl sites for hydroxylation is 1. The molecule has 0 bridgehead atoms. The van der Waals surface area contributed by atoms with Gasteiger partial charge >= 0.3 is 0 Å². The Labute approximate surface area is 197 Å². The van der Waals surface area contributed by atoms with Crippen LogP contribution in [0, 0.1) is 6.92 Å². The van der Waals surface area contributed by atoms with Crippen LogP contribution in [0.2, 0.25) is 0 Å². The smallest absolute Gasteiger partial charge is 0.269 e.